The molecule has 0 heterocycles. The molecule has 4 N–H and O–H groups in total. The van der Waals surface area contributed by atoms with E-state index in [1.165, 1.54) is 0 Å². The lowest BCUT2D eigenvalue weighted by Crippen LogP contribution is -2.21. The molecule has 2 aromatic carbocycles. The number of urea groups is 1. The molecule has 21 heavy (non-hydrogen) atoms. The number of nitrogens with one attached hydrogen (secondary N) is 2. The van der Waals surface area contributed by atoms with Gasteiger partial charge in [0, 0.05) is 17.1 Å². The summed E-state index contributed by atoms with van der Waals surface area (Å²) >= 11 is 0. The van der Waals surface area contributed by atoms with E-state index < -0.39 is 0 Å². The van der Waals surface area contributed by atoms with E-state index in [9.17, 15) is 4.79 Å². The second kappa shape index (κ2) is 6.79. The van der Waals surface area contributed by atoms with Gasteiger partial charge in [0.2, 0.25) is 0 Å². The van der Waals surface area contributed by atoms with Gasteiger partial charge in [0.1, 0.15) is 0 Å². The standard InChI is InChI=1S/C17H21N3O/c1-3-12-7-5-8-13(4-2)16(12)20-17(21)19-15-10-6-9-14(18)11-15/h5-11H,3-4,18H2,1-2H3,(H2,19,20,21). The van der Waals surface area contributed by atoms with Gasteiger partial charge >= 0.3 is 6.03 Å². The minimum Gasteiger partial charge on any atom is -0.399 e. The van der Waals surface area contributed by atoms with Crippen LogP contribution in [0.5, 0.6) is 0 Å². The number of para-hydroxylation sites is 1. The van der Waals surface area contributed by atoms with Crippen molar-refractivity contribution in [3.63, 3.8) is 0 Å². The molecule has 110 valence electrons. The number of anilines is 3. The van der Waals surface area contributed by atoms with Crippen molar-refractivity contribution in [1.82, 2.24) is 0 Å². The first kappa shape index (κ1) is 14.9. The van der Waals surface area contributed by atoms with Gasteiger partial charge in [-0.1, -0.05) is 38.1 Å². The Morgan fingerprint density at radius 1 is 1.00 bits per heavy atom. The van der Waals surface area contributed by atoms with Gasteiger partial charge < -0.3 is 16.4 Å². The number of carbonyl (C=O) groups is 1. The SMILES string of the molecule is CCc1cccc(CC)c1NC(=O)Nc1cccc(N)c1. The Kier molecular flexibility index (Phi) is 4.82. The highest BCUT2D eigenvalue weighted by Crippen LogP contribution is 2.23. The smallest absolute Gasteiger partial charge is 0.323 e. The molecule has 0 aromatic heterocycles. The fourth-order valence-electron chi connectivity index (χ4n) is 2.30. The molecule has 2 aromatic rings. The summed E-state index contributed by atoms with van der Waals surface area (Å²) in [5.41, 5.74) is 10.2. The monoisotopic (exact) mass is 283 g/mol. The fraction of sp³-hybridized carbons (Fsp3) is 0.235. The molecule has 0 aliphatic rings. The molecule has 0 aliphatic carbocycles. The topological polar surface area (TPSA) is 67.2 Å². The number of hydrogen-bond acceptors (Lipinski definition) is 2. The quantitative estimate of drug-likeness (QED) is 0.741. The summed E-state index contributed by atoms with van der Waals surface area (Å²) in [4.78, 5) is 12.2. The van der Waals surface area contributed by atoms with Gasteiger partial charge in [-0.15, -0.1) is 0 Å². The lowest BCUT2D eigenvalue weighted by atomic mass is 10.0. The Balaban J connectivity index is 2.16. The van der Waals surface area contributed by atoms with Crippen molar-refractivity contribution < 1.29 is 4.79 Å². The zero-order chi connectivity index (χ0) is 15.2. The third kappa shape index (κ3) is 3.75. The Labute approximate surface area is 125 Å². The Morgan fingerprint density at radius 3 is 2.19 bits per heavy atom. The van der Waals surface area contributed by atoms with Gasteiger partial charge in [-0.2, -0.15) is 0 Å². The second-order valence-electron chi connectivity index (χ2n) is 4.86. The summed E-state index contributed by atoms with van der Waals surface area (Å²) in [5, 5.41) is 5.76. The summed E-state index contributed by atoms with van der Waals surface area (Å²) in [7, 11) is 0. The Hall–Kier alpha value is -2.49. The van der Waals surface area contributed by atoms with E-state index in [-0.39, 0.29) is 6.03 Å². The molecule has 0 saturated heterocycles. The molecule has 4 nitrogen and oxygen atoms in total. The third-order valence-electron chi connectivity index (χ3n) is 3.38. The molecule has 0 spiro atoms. The second-order valence-corrected chi connectivity index (χ2v) is 4.86. The van der Waals surface area contributed by atoms with Crippen LogP contribution in [0, 0.1) is 0 Å². The van der Waals surface area contributed by atoms with Crippen LogP contribution in [0.3, 0.4) is 0 Å². The Morgan fingerprint density at radius 2 is 1.62 bits per heavy atom. The molecule has 0 atom stereocenters. The van der Waals surface area contributed by atoms with E-state index in [1.54, 1.807) is 12.1 Å². The molecule has 2 rings (SSSR count). The van der Waals surface area contributed by atoms with Gasteiger partial charge in [0.05, 0.1) is 0 Å². The Bertz CT molecular complexity index is 615. The van der Waals surface area contributed by atoms with Crippen molar-refractivity contribution in [3.8, 4) is 0 Å². The molecule has 0 aliphatic heterocycles. The predicted molar refractivity (Wildman–Crippen MR) is 88.7 cm³/mol. The van der Waals surface area contributed by atoms with Crippen molar-refractivity contribution >= 4 is 23.1 Å². The van der Waals surface area contributed by atoms with Gasteiger partial charge in [0.25, 0.3) is 0 Å². The number of amides is 2. The number of rotatable bonds is 4. The third-order valence-corrected chi connectivity index (χ3v) is 3.38. The van der Waals surface area contributed by atoms with Crippen molar-refractivity contribution in [2.24, 2.45) is 0 Å². The maximum atomic E-state index is 12.2. The fourth-order valence-corrected chi connectivity index (χ4v) is 2.30. The summed E-state index contributed by atoms with van der Waals surface area (Å²) in [6.45, 7) is 4.16. The van der Waals surface area contributed by atoms with E-state index in [0.29, 0.717) is 11.4 Å². The number of aryl methyl sites for hydroxylation is 2. The van der Waals surface area contributed by atoms with Crippen LogP contribution in [-0.4, -0.2) is 6.03 Å². The minimum absolute atomic E-state index is 0.254. The first-order chi connectivity index (χ1) is 10.1. The van der Waals surface area contributed by atoms with Gasteiger partial charge in [-0.05, 0) is 42.2 Å². The normalized spacial score (nSPS) is 10.2. The number of carbonyl (C=O) groups excluding carboxylic acids is 1. The van der Waals surface area contributed by atoms with E-state index in [0.717, 1.165) is 29.7 Å². The molecule has 2 amide bonds. The van der Waals surface area contributed by atoms with Crippen molar-refractivity contribution in [1.29, 1.82) is 0 Å². The zero-order valence-corrected chi connectivity index (χ0v) is 12.4. The molecule has 0 unspecified atom stereocenters. The van der Waals surface area contributed by atoms with E-state index in [1.807, 2.05) is 30.3 Å². The highest BCUT2D eigenvalue weighted by molar-refractivity contribution is 6.01. The van der Waals surface area contributed by atoms with Crippen LogP contribution >= 0.6 is 0 Å². The zero-order valence-electron chi connectivity index (χ0n) is 12.4. The van der Waals surface area contributed by atoms with Crippen LogP contribution in [0.1, 0.15) is 25.0 Å². The van der Waals surface area contributed by atoms with Crippen molar-refractivity contribution in [2.45, 2.75) is 26.7 Å². The molecular formula is C17H21N3O. The first-order valence-electron chi connectivity index (χ1n) is 7.18. The van der Waals surface area contributed by atoms with E-state index in [2.05, 4.69) is 24.5 Å². The van der Waals surface area contributed by atoms with Gasteiger partial charge in [-0.25, -0.2) is 4.79 Å². The summed E-state index contributed by atoms with van der Waals surface area (Å²) in [5.74, 6) is 0. The molecule has 0 bridgehead atoms. The van der Waals surface area contributed by atoms with Crippen LogP contribution in [0.4, 0.5) is 21.9 Å². The van der Waals surface area contributed by atoms with Crippen LogP contribution in [0.2, 0.25) is 0 Å². The van der Waals surface area contributed by atoms with E-state index in [4.69, 9.17) is 5.73 Å². The molecular weight excluding hydrogens is 262 g/mol. The maximum Gasteiger partial charge on any atom is 0.323 e. The van der Waals surface area contributed by atoms with Gasteiger partial charge in [0.15, 0.2) is 0 Å². The van der Waals surface area contributed by atoms with Crippen molar-refractivity contribution in [2.75, 3.05) is 16.4 Å². The maximum absolute atomic E-state index is 12.2. The molecule has 4 heteroatoms. The van der Waals surface area contributed by atoms with Crippen LogP contribution < -0.4 is 16.4 Å². The van der Waals surface area contributed by atoms with Gasteiger partial charge in [-0.3, -0.25) is 0 Å². The average Bonchev–Trinajstić information content (AvgIpc) is 2.47. The van der Waals surface area contributed by atoms with Crippen LogP contribution in [0.25, 0.3) is 0 Å². The summed E-state index contributed by atoms with van der Waals surface area (Å²) in [6.07, 6.45) is 1.75. The van der Waals surface area contributed by atoms with Crippen molar-refractivity contribution in [3.05, 3.63) is 53.6 Å². The summed E-state index contributed by atoms with van der Waals surface area (Å²) < 4.78 is 0. The van der Waals surface area contributed by atoms with E-state index >= 15 is 0 Å². The number of hydrogen-bond donors (Lipinski definition) is 3. The lowest BCUT2D eigenvalue weighted by Gasteiger charge is -2.15. The predicted octanol–water partition coefficient (Wildman–Crippen LogP) is 4.04. The first-order valence-corrected chi connectivity index (χ1v) is 7.18. The summed E-state index contributed by atoms with van der Waals surface area (Å²) in [6, 6.07) is 13.0. The average molecular weight is 283 g/mol. The number of benzene rings is 2. The largest absolute Gasteiger partial charge is 0.399 e. The molecule has 0 fully saturated rings. The highest BCUT2D eigenvalue weighted by Gasteiger charge is 2.10. The molecule has 0 radical (unpaired) electrons. The molecule has 0 saturated carbocycles. The lowest BCUT2D eigenvalue weighted by molar-refractivity contribution is 0.262. The number of nitrogens with two attached hydrogens (primary N) is 1. The van der Waals surface area contributed by atoms with Crippen LogP contribution in [-0.2, 0) is 12.8 Å². The van der Waals surface area contributed by atoms with Crippen LogP contribution in [0.15, 0.2) is 42.5 Å². The highest BCUT2D eigenvalue weighted by atomic mass is 16.2. The number of nitrogen functional groups attached to an aromatic ring is 1. The minimum atomic E-state index is -0.254.